The number of hydrogen-bond donors (Lipinski definition) is 2. The zero-order valence-electron chi connectivity index (χ0n) is 11.2. The molecule has 0 aliphatic carbocycles. The molecule has 2 N–H and O–H groups in total. The van der Waals surface area contributed by atoms with E-state index in [1.54, 1.807) is 19.0 Å². The van der Waals surface area contributed by atoms with Crippen molar-refractivity contribution >= 4 is 11.8 Å². The standard InChI is InChI=1S/C12H25N3O2/c1-4-8-14-11(16)7-10-13-9-5-6-12(17)15(2)3/h13H,4-10H2,1-3H3,(H,14,16). The van der Waals surface area contributed by atoms with Crippen LogP contribution in [0.3, 0.4) is 0 Å². The van der Waals surface area contributed by atoms with E-state index in [9.17, 15) is 9.59 Å². The molecule has 0 spiro atoms. The Morgan fingerprint density at radius 1 is 1.06 bits per heavy atom. The van der Waals surface area contributed by atoms with Crippen molar-refractivity contribution in [2.75, 3.05) is 33.7 Å². The van der Waals surface area contributed by atoms with Crippen molar-refractivity contribution in [1.82, 2.24) is 15.5 Å². The summed E-state index contributed by atoms with van der Waals surface area (Å²) in [7, 11) is 3.52. The second kappa shape index (κ2) is 10.1. The molecule has 0 radical (unpaired) electrons. The minimum atomic E-state index is 0.0868. The van der Waals surface area contributed by atoms with Crippen molar-refractivity contribution in [2.24, 2.45) is 0 Å². The topological polar surface area (TPSA) is 61.4 Å². The molecule has 0 heterocycles. The van der Waals surface area contributed by atoms with Crippen LogP contribution in [-0.2, 0) is 9.59 Å². The number of amides is 2. The molecule has 0 fully saturated rings. The lowest BCUT2D eigenvalue weighted by Crippen LogP contribution is -2.29. The number of hydrogen-bond acceptors (Lipinski definition) is 3. The molecule has 0 aromatic carbocycles. The lowest BCUT2D eigenvalue weighted by atomic mass is 10.3. The molecular weight excluding hydrogens is 218 g/mol. The molecular formula is C12H25N3O2. The van der Waals surface area contributed by atoms with Gasteiger partial charge in [-0.05, 0) is 19.4 Å². The third-order valence-corrected chi connectivity index (χ3v) is 2.34. The molecule has 0 rings (SSSR count). The van der Waals surface area contributed by atoms with Gasteiger partial charge in [0.1, 0.15) is 0 Å². The van der Waals surface area contributed by atoms with E-state index in [2.05, 4.69) is 10.6 Å². The first-order valence-corrected chi connectivity index (χ1v) is 6.25. The fourth-order valence-corrected chi connectivity index (χ4v) is 1.27. The van der Waals surface area contributed by atoms with Crippen LogP contribution in [0.15, 0.2) is 0 Å². The molecule has 5 heteroatoms. The Kier molecular flexibility index (Phi) is 9.43. The van der Waals surface area contributed by atoms with Crippen LogP contribution >= 0.6 is 0 Å². The summed E-state index contributed by atoms with van der Waals surface area (Å²) in [6.45, 7) is 4.22. The SMILES string of the molecule is CCCNC(=O)CCNCCCC(=O)N(C)C. The summed E-state index contributed by atoms with van der Waals surface area (Å²) in [5.41, 5.74) is 0. The van der Waals surface area contributed by atoms with Crippen molar-refractivity contribution in [3.8, 4) is 0 Å². The van der Waals surface area contributed by atoms with Gasteiger partial charge >= 0.3 is 0 Å². The molecule has 0 atom stereocenters. The van der Waals surface area contributed by atoms with E-state index in [-0.39, 0.29) is 11.8 Å². The van der Waals surface area contributed by atoms with Crippen LogP contribution in [0.25, 0.3) is 0 Å². The maximum absolute atomic E-state index is 11.2. The fourth-order valence-electron chi connectivity index (χ4n) is 1.27. The van der Waals surface area contributed by atoms with Crippen LogP contribution in [0.4, 0.5) is 0 Å². The highest BCUT2D eigenvalue weighted by atomic mass is 16.2. The van der Waals surface area contributed by atoms with Gasteiger partial charge in [-0.1, -0.05) is 6.92 Å². The Bertz CT molecular complexity index is 230. The molecule has 2 amide bonds. The monoisotopic (exact) mass is 243 g/mol. The van der Waals surface area contributed by atoms with Gasteiger partial charge in [0.05, 0.1) is 0 Å². The quantitative estimate of drug-likeness (QED) is 0.575. The largest absolute Gasteiger partial charge is 0.356 e. The second-order valence-corrected chi connectivity index (χ2v) is 4.24. The number of rotatable bonds is 9. The first-order chi connectivity index (χ1) is 8.07. The summed E-state index contributed by atoms with van der Waals surface area (Å²) in [4.78, 5) is 24.1. The van der Waals surface area contributed by atoms with Gasteiger partial charge in [-0.3, -0.25) is 9.59 Å². The van der Waals surface area contributed by atoms with Crippen LogP contribution < -0.4 is 10.6 Å². The van der Waals surface area contributed by atoms with Crippen LogP contribution in [0.2, 0.25) is 0 Å². The third-order valence-electron chi connectivity index (χ3n) is 2.34. The molecule has 0 saturated carbocycles. The number of nitrogens with zero attached hydrogens (tertiary/aromatic N) is 1. The average Bonchev–Trinajstić information content (AvgIpc) is 2.30. The minimum Gasteiger partial charge on any atom is -0.356 e. The maximum atomic E-state index is 11.2. The van der Waals surface area contributed by atoms with Crippen LogP contribution in [-0.4, -0.2) is 50.4 Å². The van der Waals surface area contributed by atoms with Gasteiger partial charge in [0.25, 0.3) is 0 Å². The molecule has 0 unspecified atom stereocenters. The van der Waals surface area contributed by atoms with Gasteiger partial charge in [-0.15, -0.1) is 0 Å². The van der Waals surface area contributed by atoms with E-state index in [4.69, 9.17) is 0 Å². The van der Waals surface area contributed by atoms with Gasteiger partial charge in [0.2, 0.25) is 11.8 Å². The first-order valence-electron chi connectivity index (χ1n) is 6.25. The van der Waals surface area contributed by atoms with Crippen molar-refractivity contribution < 1.29 is 9.59 Å². The molecule has 0 aromatic heterocycles. The van der Waals surface area contributed by atoms with E-state index < -0.39 is 0 Å². The molecule has 17 heavy (non-hydrogen) atoms. The molecule has 5 nitrogen and oxygen atoms in total. The van der Waals surface area contributed by atoms with E-state index in [0.717, 1.165) is 25.9 Å². The van der Waals surface area contributed by atoms with E-state index in [1.165, 1.54) is 0 Å². The summed E-state index contributed by atoms with van der Waals surface area (Å²) in [6.07, 6.45) is 2.84. The predicted molar refractivity (Wildman–Crippen MR) is 68.7 cm³/mol. The van der Waals surface area contributed by atoms with E-state index in [1.807, 2.05) is 6.92 Å². The number of carbonyl (C=O) groups is 2. The Morgan fingerprint density at radius 2 is 1.76 bits per heavy atom. The predicted octanol–water partition coefficient (Wildman–Crippen LogP) is 0.361. The van der Waals surface area contributed by atoms with E-state index in [0.29, 0.717) is 19.4 Å². The molecule has 0 saturated heterocycles. The highest BCUT2D eigenvalue weighted by Crippen LogP contribution is 1.91. The lowest BCUT2D eigenvalue weighted by Gasteiger charge is -2.10. The van der Waals surface area contributed by atoms with Gasteiger partial charge < -0.3 is 15.5 Å². The van der Waals surface area contributed by atoms with Gasteiger partial charge in [0, 0.05) is 40.0 Å². The maximum Gasteiger partial charge on any atom is 0.222 e. The Balaban J connectivity index is 3.29. The molecule has 0 bridgehead atoms. The lowest BCUT2D eigenvalue weighted by molar-refractivity contribution is -0.128. The molecule has 0 aliphatic rings. The van der Waals surface area contributed by atoms with Crippen molar-refractivity contribution in [1.29, 1.82) is 0 Å². The molecule has 100 valence electrons. The Hall–Kier alpha value is -1.10. The Morgan fingerprint density at radius 3 is 2.35 bits per heavy atom. The van der Waals surface area contributed by atoms with Crippen LogP contribution in [0, 0.1) is 0 Å². The highest BCUT2D eigenvalue weighted by molar-refractivity contribution is 5.76. The summed E-state index contributed by atoms with van der Waals surface area (Å²) < 4.78 is 0. The summed E-state index contributed by atoms with van der Waals surface area (Å²) >= 11 is 0. The minimum absolute atomic E-state index is 0.0868. The van der Waals surface area contributed by atoms with Gasteiger partial charge in [0.15, 0.2) is 0 Å². The third kappa shape index (κ3) is 9.81. The van der Waals surface area contributed by atoms with Gasteiger partial charge in [-0.25, -0.2) is 0 Å². The second-order valence-electron chi connectivity index (χ2n) is 4.24. The number of carbonyl (C=O) groups excluding carboxylic acids is 2. The highest BCUT2D eigenvalue weighted by Gasteiger charge is 2.03. The summed E-state index contributed by atoms with van der Waals surface area (Å²) in [6, 6.07) is 0. The van der Waals surface area contributed by atoms with Crippen LogP contribution in [0.5, 0.6) is 0 Å². The van der Waals surface area contributed by atoms with Gasteiger partial charge in [-0.2, -0.15) is 0 Å². The smallest absolute Gasteiger partial charge is 0.222 e. The zero-order chi connectivity index (χ0) is 13.1. The van der Waals surface area contributed by atoms with Crippen LogP contribution in [0.1, 0.15) is 32.6 Å². The van der Waals surface area contributed by atoms with Crippen molar-refractivity contribution in [3.05, 3.63) is 0 Å². The van der Waals surface area contributed by atoms with Crippen molar-refractivity contribution in [2.45, 2.75) is 32.6 Å². The Labute approximate surface area is 104 Å². The number of nitrogens with one attached hydrogen (secondary N) is 2. The average molecular weight is 243 g/mol. The fraction of sp³-hybridized carbons (Fsp3) is 0.833. The summed E-state index contributed by atoms with van der Waals surface area (Å²) in [5.74, 6) is 0.233. The normalized spacial score (nSPS) is 10.1. The molecule has 0 aliphatic heterocycles. The molecule has 0 aromatic rings. The van der Waals surface area contributed by atoms with E-state index >= 15 is 0 Å². The van der Waals surface area contributed by atoms with Crippen molar-refractivity contribution in [3.63, 3.8) is 0 Å². The zero-order valence-corrected chi connectivity index (χ0v) is 11.2. The first kappa shape index (κ1) is 15.9. The summed E-state index contributed by atoms with van der Waals surface area (Å²) in [5, 5.41) is 5.97.